The molecule has 306 valence electrons. The predicted molar refractivity (Wildman–Crippen MR) is 207 cm³/mol. The Morgan fingerprint density at radius 2 is 1.15 bits per heavy atom. The van der Waals surface area contributed by atoms with Gasteiger partial charge in [-0.05, 0) is 32.6 Å². The maximum absolute atomic E-state index is 12.5. The van der Waals surface area contributed by atoms with Crippen molar-refractivity contribution in [2.45, 2.75) is 146 Å². The molecular weight excluding hydrogens is 696 g/mol. The van der Waals surface area contributed by atoms with E-state index < -0.39 is 78.7 Å². The summed E-state index contributed by atoms with van der Waals surface area (Å²) < 4.78 is 17.1. The first-order chi connectivity index (χ1) is 25.5. The lowest BCUT2D eigenvalue weighted by Crippen LogP contribution is -2.53. The van der Waals surface area contributed by atoms with Gasteiger partial charge < -0.3 is 55.1 Å². The highest BCUT2D eigenvalue weighted by Gasteiger charge is 2.46. The van der Waals surface area contributed by atoms with Crippen LogP contribution >= 0.6 is 0 Å². The van der Waals surface area contributed by atoms with Crippen LogP contribution in [0, 0.1) is 17.8 Å². The van der Waals surface area contributed by atoms with E-state index in [1.165, 1.54) is 0 Å². The molecule has 2 heterocycles. The van der Waals surface area contributed by atoms with Crippen molar-refractivity contribution in [2.75, 3.05) is 7.11 Å². The van der Waals surface area contributed by atoms with Gasteiger partial charge in [0.15, 0.2) is 5.79 Å². The first kappa shape index (κ1) is 47.4. The summed E-state index contributed by atoms with van der Waals surface area (Å²) in [7, 11) is 1.55. The number of hydrogen-bond donors (Lipinski definition) is 8. The van der Waals surface area contributed by atoms with Crippen LogP contribution in [0.15, 0.2) is 85.1 Å². The predicted octanol–water partition coefficient (Wildman–Crippen LogP) is 3.48. The molecule has 0 aromatic carbocycles. The zero-order valence-electron chi connectivity index (χ0n) is 32.5. The van der Waals surface area contributed by atoms with Gasteiger partial charge in [-0.15, -0.1) is 0 Å². The number of aliphatic hydroxyl groups excluding tert-OH is 7. The van der Waals surface area contributed by atoms with Gasteiger partial charge in [-0.1, -0.05) is 106 Å². The van der Waals surface area contributed by atoms with E-state index in [-0.39, 0.29) is 56.8 Å². The lowest BCUT2D eigenvalue weighted by atomic mass is 9.83. The molecule has 0 saturated carbocycles. The summed E-state index contributed by atoms with van der Waals surface area (Å²) in [6.07, 6.45) is 15.3. The minimum absolute atomic E-state index is 0.00351. The zero-order valence-corrected chi connectivity index (χ0v) is 32.5. The molecule has 0 aromatic rings. The molecule has 0 aromatic heterocycles. The van der Waals surface area contributed by atoms with Crippen LogP contribution in [-0.4, -0.2) is 121 Å². The van der Waals surface area contributed by atoms with Gasteiger partial charge in [0.1, 0.15) is 6.10 Å². The molecular formula is C42H66O12. The lowest BCUT2D eigenvalue weighted by Gasteiger charge is -2.45. The Balaban J connectivity index is 2.16. The van der Waals surface area contributed by atoms with E-state index in [2.05, 4.69) is 0 Å². The molecule has 54 heavy (non-hydrogen) atoms. The summed E-state index contributed by atoms with van der Waals surface area (Å²) >= 11 is 0. The Kier molecular flexibility index (Phi) is 21.7. The molecule has 12 nitrogen and oxygen atoms in total. The van der Waals surface area contributed by atoms with E-state index in [4.69, 9.17) is 14.2 Å². The fraction of sp³-hybridized carbons (Fsp3) is 0.643. The van der Waals surface area contributed by atoms with E-state index in [0.29, 0.717) is 6.42 Å². The summed E-state index contributed by atoms with van der Waals surface area (Å²) in [5.74, 6) is -3.58. The van der Waals surface area contributed by atoms with Crippen LogP contribution < -0.4 is 0 Å². The molecule has 2 rings (SSSR count). The molecule has 2 aliphatic rings. The highest BCUT2D eigenvalue weighted by molar-refractivity contribution is 5.70. The van der Waals surface area contributed by atoms with Crippen LogP contribution in [0.1, 0.15) is 79.1 Å². The molecule has 1 saturated heterocycles. The molecule has 0 radical (unpaired) electrons. The molecule has 8 N–H and O–H groups in total. The first-order valence-corrected chi connectivity index (χ1v) is 19.1. The Bertz CT molecular complexity index is 1290. The molecule has 0 spiro atoms. The molecule has 0 aliphatic carbocycles. The highest BCUT2D eigenvalue weighted by Crippen LogP contribution is 2.37. The number of aliphatic hydroxyl groups is 8. The number of ether oxygens (including phenoxy) is 3. The Labute approximate surface area is 321 Å². The summed E-state index contributed by atoms with van der Waals surface area (Å²) in [6, 6.07) is 0. The van der Waals surface area contributed by atoms with Gasteiger partial charge >= 0.3 is 5.97 Å². The topological polar surface area (TPSA) is 207 Å². The largest absolute Gasteiger partial charge is 0.462 e. The number of rotatable bonds is 1. The SMILES string of the molecule is CO[C@H]1/C=C/C=C/C=C/C=C/C=C/C=C/C=C/[C@H](C)[C@@H](O)[C@@H](C)[C@H](C)OC(=O)C[C@H](O)C[C@H](O)C[C@H](O)CC[C@@H](O)[C@H](O)C[C@]2(O)C[C@H](O)[C@@H](C)C(C1)O2. The summed E-state index contributed by atoms with van der Waals surface area (Å²) in [5, 5.41) is 85.7. The van der Waals surface area contributed by atoms with Gasteiger partial charge in [0.05, 0.1) is 61.4 Å². The van der Waals surface area contributed by atoms with Gasteiger partial charge in [0, 0.05) is 44.1 Å². The number of esters is 1. The third-order valence-corrected chi connectivity index (χ3v) is 10.2. The average Bonchev–Trinajstić information content (AvgIpc) is 3.10. The van der Waals surface area contributed by atoms with Crippen LogP contribution in [0.2, 0.25) is 0 Å². The van der Waals surface area contributed by atoms with E-state index >= 15 is 0 Å². The van der Waals surface area contributed by atoms with E-state index in [0.717, 1.165) is 0 Å². The summed E-state index contributed by atoms with van der Waals surface area (Å²) in [6.45, 7) is 7.12. The van der Waals surface area contributed by atoms with Gasteiger partial charge in [-0.2, -0.15) is 0 Å². The van der Waals surface area contributed by atoms with E-state index in [9.17, 15) is 45.6 Å². The quantitative estimate of drug-likeness (QED) is 0.181. The van der Waals surface area contributed by atoms with E-state index in [1.54, 1.807) is 21.0 Å². The Morgan fingerprint density at radius 3 is 1.72 bits per heavy atom. The van der Waals surface area contributed by atoms with Crippen molar-refractivity contribution in [3.8, 4) is 0 Å². The third-order valence-electron chi connectivity index (χ3n) is 10.2. The Morgan fingerprint density at radius 1 is 0.630 bits per heavy atom. The van der Waals surface area contributed by atoms with Crippen LogP contribution in [-0.2, 0) is 19.0 Å². The van der Waals surface area contributed by atoms with Crippen molar-refractivity contribution in [3.05, 3.63) is 85.1 Å². The van der Waals surface area contributed by atoms with Gasteiger partial charge in [0.25, 0.3) is 0 Å². The minimum atomic E-state index is -1.92. The number of fused-ring (bicyclic) bond motifs is 2. The minimum Gasteiger partial charge on any atom is -0.462 e. The molecule has 0 amide bonds. The van der Waals surface area contributed by atoms with Crippen LogP contribution in [0.4, 0.5) is 0 Å². The second-order valence-corrected chi connectivity index (χ2v) is 14.9. The van der Waals surface area contributed by atoms with Crippen LogP contribution in [0.25, 0.3) is 0 Å². The number of cyclic esters (lactones) is 1. The number of allylic oxidation sites excluding steroid dienone is 12. The van der Waals surface area contributed by atoms with Gasteiger partial charge in [0.2, 0.25) is 0 Å². The normalized spacial score (nSPS) is 43.8. The first-order valence-electron chi connectivity index (χ1n) is 19.1. The van der Waals surface area contributed by atoms with Crippen molar-refractivity contribution in [3.63, 3.8) is 0 Å². The monoisotopic (exact) mass is 762 g/mol. The average molecular weight is 763 g/mol. The van der Waals surface area contributed by atoms with Crippen LogP contribution in [0.5, 0.6) is 0 Å². The smallest absolute Gasteiger partial charge is 0.308 e. The third kappa shape index (κ3) is 17.8. The molecule has 14 atom stereocenters. The van der Waals surface area contributed by atoms with Crippen LogP contribution in [0.3, 0.4) is 0 Å². The van der Waals surface area contributed by atoms with E-state index in [1.807, 2.05) is 98.9 Å². The Hall–Kier alpha value is -2.75. The fourth-order valence-corrected chi connectivity index (χ4v) is 6.51. The maximum Gasteiger partial charge on any atom is 0.308 e. The van der Waals surface area contributed by atoms with Gasteiger partial charge in [-0.3, -0.25) is 4.79 Å². The highest BCUT2D eigenvalue weighted by atomic mass is 16.6. The summed E-state index contributed by atoms with van der Waals surface area (Å²) in [5.41, 5.74) is 0. The molecule has 1 unspecified atom stereocenters. The molecule has 12 heteroatoms. The number of methoxy groups -OCH3 is 1. The number of carbonyl (C=O) groups is 1. The number of hydrogen-bond acceptors (Lipinski definition) is 12. The molecule has 1 fully saturated rings. The van der Waals surface area contributed by atoms with Crippen molar-refractivity contribution in [2.24, 2.45) is 17.8 Å². The van der Waals surface area contributed by atoms with Crippen molar-refractivity contribution < 1.29 is 59.9 Å². The second kappa shape index (κ2) is 24.7. The number of carbonyl (C=O) groups excluding carboxylic acids is 1. The van der Waals surface area contributed by atoms with Crippen molar-refractivity contribution in [1.29, 1.82) is 0 Å². The van der Waals surface area contributed by atoms with Crippen molar-refractivity contribution in [1.82, 2.24) is 0 Å². The molecule has 2 aliphatic heterocycles. The summed E-state index contributed by atoms with van der Waals surface area (Å²) in [4.78, 5) is 12.5. The lowest BCUT2D eigenvalue weighted by molar-refractivity contribution is -0.302. The molecule has 2 bridgehead atoms. The fourth-order valence-electron chi connectivity index (χ4n) is 6.51. The zero-order chi connectivity index (χ0) is 40.3. The standard InChI is InChI=1S/C42H66O12/c1-28-18-16-14-12-10-8-6-7-9-11-13-15-17-19-35(52-5)25-39-30(3)37(47)26-42(51,54-39)27-38(48)36(46)21-20-32(43)22-33(44)23-34(45)24-40(49)53-31(4)29(2)41(28)50/h6-19,28-39,41,43-48,50-51H,20-27H2,1-5H3/b7-6+,10-8+,11-9+,14-12+,15-13+,18-16+,19-17+/t28-,29-,30+,31-,32+,33+,34+,35-,36+,37-,38+,39?,41+,42-/m0/s1. The maximum atomic E-state index is 12.5. The van der Waals surface area contributed by atoms with Crippen molar-refractivity contribution >= 4 is 5.97 Å². The second-order valence-electron chi connectivity index (χ2n) is 14.9. The van der Waals surface area contributed by atoms with Gasteiger partial charge in [-0.25, -0.2) is 0 Å².